The monoisotopic (exact) mass is 275 g/mol. The van der Waals surface area contributed by atoms with Crippen molar-refractivity contribution in [3.63, 3.8) is 0 Å². The molecular formula is C13H13N3O4. The number of hydrogen-bond acceptors (Lipinski definition) is 5. The highest BCUT2D eigenvalue weighted by Crippen LogP contribution is 2.26. The van der Waals surface area contributed by atoms with E-state index >= 15 is 0 Å². The number of non-ortho nitro benzene ring substituents is 1. The van der Waals surface area contributed by atoms with Gasteiger partial charge in [-0.25, -0.2) is 4.79 Å². The van der Waals surface area contributed by atoms with Crippen LogP contribution in [-0.4, -0.2) is 22.5 Å². The number of nitrogen functional groups attached to an aromatic ring is 1. The normalized spacial score (nSPS) is 10.2. The van der Waals surface area contributed by atoms with E-state index < -0.39 is 10.9 Å². The third-order valence-electron chi connectivity index (χ3n) is 2.71. The van der Waals surface area contributed by atoms with E-state index in [0.29, 0.717) is 11.3 Å². The zero-order chi connectivity index (χ0) is 14.7. The predicted octanol–water partition coefficient (Wildman–Crippen LogP) is 2.35. The molecule has 0 spiro atoms. The van der Waals surface area contributed by atoms with Crippen LogP contribution in [0.2, 0.25) is 0 Å². The Hall–Kier alpha value is -2.83. The molecule has 20 heavy (non-hydrogen) atoms. The first-order valence-electron chi connectivity index (χ1n) is 5.93. The van der Waals surface area contributed by atoms with Crippen LogP contribution in [0.25, 0.3) is 11.3 Å². The Kier molecular flexibility index (Phi) is 3.69. The predicted molar refractivity (Wildman–Crippen MR) is 73.3 cm³/mol. The van der Waals surface area contributed by atoms with Crippen LogP contribution in [0.3, 0.4) is 0 Å². The highest BCUT2D eigenvalue weighted by Gasteiger charge is 2.16. The Balaban J connectivity index is 2.39. The lowest BCUT2D eigenvalue weighted by Gasteiger charge is -1.98. The van der Waals surface area contributed by atoms with Crippen molar-refractivity contribution in [3.8, 4) is 11.3 Å². The Morgan fingerprint density at radius 1 is 1.45 bits per heavy atom. The molecule has 104 valence electrons. The molecule has 0 fully saturated rings. The number of rotatable bonds is 4. The molecule has 0 atom stereocenters. The largest absolute Gasteiger partial charge is 0.462 e. The number of nitro benzene ring substituents is 1. The number of aromatic nitrogens is 1. The topological polar surface area (TPSA) is 111 Å². The summed E-state index contributed by atoms with van der Waals surface area (Å²) in [5.41, 5.74) is 6.99. The minimum Gasteiger partial charge on any atom is -0.462 e. The van der Waals surface area contributed by atoms with Crippen molar-refractivity contribution in [2.75, 3.05) is 12.3 Å². The van der Waals surface area contributed by atoms with Crippen molar-refractivity contribution in [2.24, 2.45) is 0 Å². The average molecular weight is 275 g/mol. The van der Waals surface area contributed by atoms with Crippen molar-refractivity contribution in [1.82, 2.24) is 4.98 Å². The van der Waals surface area contributed by atoms with E-state index in [0.717, 1.165) is 0 Å². The van der Waals surface area contributed by atoms with Crippen LogP contribution < -0.4 is 5.73 Å². The van der Waals surface area contributed by atoms with E-state index in [1.165, 1.54) is 18.2 Å². The van der Waals surface area contributed by atoms with Crippen LogP contribution in [0, 0.1) is 10.1 Å². The molecule has 2 aromatic rings. The number of ether oxygens (including phenoxy) is 1. The molecule has 7 nitrogen and oxygen atoms in total. The molecule has 0 saturated heterocycles. The molecule has 0 unspecified atom stereocenters. The SMILES string of the molecule is CCOC(=O)c1cc(-c2cccc([N+](=O)[O-])c2)[nH]c1N. The molecule has 1 heterocycles. The lowest BCUT2D eigenvalue weighted by atomic mass is 10.1. The summed E-state index contributed by atoms with van der Waals surface area (Å²) in [6.07, 6.45) is 0. The van der Waals surface area contributed by atoms with Crippen LogP contribution in [0.5, 0.6) is 0 Å². The van der Waals surface area contributed by atoms with Crippen molar-refractivity contribution in [1.29, 1.82) is 0 Å². The van der Waals surface area contributed by atoms with Crippen LogP contribution >= 0.6 is 0 Å². The summed E-state index contributed by atoms with van der Waals surface area (Å²) in [7, 11) is 0. The number of nitrogens with one attached hydrogen (secondary N) is 1. The van der Waals surface area contributed by atoms with Crippen LogP contribution in [0.15, 0.2) is 30.3 Å². The molecule has 1 aromatic carbocycles. The second kappa shape index (κ2) is 5.43. The van der Waals surface area contributed by atoms with E-state index in [1.54, 1.807) is 19.1 Å². The van der Waals surface area contributed by atoms with E-state index in [9.17, 15) is 14.9 Å². The zero-order valence-corrected chi connectivity index (χ0v) is 10.8. The molecule has 0 aliphatic rings. The number of nitro groups is 1. The van der Waals surface area contributed by atoms with Gasteiger partial charge in [0.15, 0.2) is 0 Å². The fraction of sp³-hybridized carbons (Fsp3) is 0.154. The molecule has 0 radical (unpaired) electrons. The summed E-state index contributed by atoms with van der Waals surface area (Å²) in [5, 5.41) is 10.7. The first-order chi connectivity index (χ1) is 9.52. The van der Waals surface area contributed by atoms with Gasteiger partial charge in [0.2, 0.25) is 0 Å². The smallest absolute Gasteiger partial charge is 0.341 e. The fourth-order valence-corrected chi connectivity index (χ4v) is 1.79. The molecule has 0 aliphatic heterocycles. The van der Waals surface area contributed by atoms with Gasteiger partial charge in [0.1, 0.15) is 11.4 Å². The van der Waals surface area contributed by atoms with Crippen LogP contribution in [-0.2, 0) is 4.74 Å². The molecule has 2 rings (SSSR count). The number of nitrogens with two attached hydrogens (primary N) is 1. The standard InChI is InChI=1S/C13H13N3O4/c1-2-20-13(17)10-7-11(15-12(10)14)8-4-3-5-9(6-8)16(18)19/h3-7,15H,2,14H2,1H3. The summed E-state index contributed by atoms with van der Waals surface area (Å²) in [6.45, 7) is 1.94. The van der Waals surface area contributed by atoms with Gasteiger partial charge in [-0.1, -0.05) is 12.1 Å². The number of carbonyl (C=O) groups is 1. The number of esters is 1. The maximum absolute atomic E-state index is 11.7. The summed E-state index contributed by atoms with van der Waals surface area (Å²) in [6, 6.07) is 7.57. The van der Waals surface area contributed by atoms with E-state index in [1.807, 2.05) is 0 Å². The van der Waals surface area contributed by atoms with Crippen molar-refractivity contribution in [2.45, 2.75) is 6.92 Å². The van der Waals surface area contributed by atoms with Crippen molar-refractivity contribution < 1.29 is 14.5 Å². The number of H-pyrrole nitrogens is 1. The second-order valence-electron chi connectivity index (χ2n) is 4.04. The summed E-state index contributed by atoms with van der Waals surface area (Å²) in [5.74, 6) is -0.358. The molecular weight excluding hydrogens is 262 g/mol. The maximum Gasteiger partial charge on any atom is 0.341 e. The Morgan fingerprint density at radius 3 is 2.85 bits per heavy atom. The minimum atomic E-state index is -0.530. The summed E-state index contributed by atoms with van der Waals surface area (Å²) < 4.78 is 4.87. The Labute approximate surface area is 114 Å². The highest BCUT2D eigenvalue weighted by molar-refractivity contribution is 5.96. The van der Waals surface area contributed by atoms with Crippen LogP contribution in [0.4, 0.5) is 11.5 Å². The number of anilines is 1. The number of benzene rings is 1. The van der Waals surface area contributed by atoms with Gasteiger partial charge in [0.25, 0.3) is 5.69 Å². The highest BCUT2D eigenvalue weighted by atomic mass is 16.6. The van der Waals surface area contributed by atoms with Gasteiger partial charge in [-0.15, -0.1) is 0 Å². The van der Waals surface area contributed by atoms with Gasteiger partial charge in [-0.05, 0) is 13.0 Å². The molecule has 0 saturated carbocycles. The number of carbonyl (C=O) groups excluding carboxylic acids is 1. The molecule has 0 bridgehead atoms. The van der Waals surface area contributed by atoms with Gasteiger partial charge in [0, 0.05) is 23.4 Å². The molecule has 0 aliphatic carbocycles. The van der Waals surface area contributed by atoms with E-state index in [4.69, 9.17) is 10.5 Å². The Morgan fingerprint density at radius 2 is 2.20 bits per heavy atom. The van der Waals surface area contributed by atoms with E-state index in [2.05, 4.69) is 4.98 Å². The number of aromatic amines is 1. The average Bonchev–Trinajstić information content (AvgIpc) is 2.81. The van der Waals surface area contributed by atoms with Gasteiger partial charge in [-0.3, -0.25) is 10.1 Å². The van der Waals surface area contributed by atoms with E-state index in [-0.39, 0.29) is 23.7 Å². The van der Waals surface area contributed by atoms with Crippen molar-refractivity contribution in [3.05, 3.63) is 46.0 Å². The number of hydrogen-bond donors (Lipinski definition) is 2. The molecule has 3 N–H and O–H groups in total. The van der Waals surface area contributed by atoms with Crippen molar-refractivity contribution >= 4 is 17.5 Å². The van der Waals surface area contributed by atoms with Gasteiger partial charge in [0.05, 0.1) is 11.5 Å². The number of nitrogens with zero attached hydrogens (tertiary/aromatic N) is 1. The van der Waals surface area contributed by atoms with Gasteiger partial charge < -0.3 is 15.5 Å². The van der Waals surface area contributed by atoms with Crippen LogP contribution in [0.1, 0.15) is 17.3 Å². The molecule has 7 heteroatoms. The second-order valence-corrected chi connectivity index (χ2v) is 4.04. The summed E-state index contributed by atoms with van der Waals surface area (Å²) in [4.78, 5) is 24.7. The molecule has 0 amide bonds. The first kappa shape index (κ1) is 13.6. The maximum atomic E-state index is 11.7. The molecule has 1 aromatic heterocycles. The first-order valence-corrected chi connectivity index (χ1v) is 5.93. The summed E-state index contributed by atoms with van der Waals surface area (Å²) >= 11 is 0. The lowest BCUT2D eigenvalue weighted by molar-refractivity contribution is -0.384. The minimum absolute atomic E-state index is 0.0339. The quantitative estimate of drug-likeness (QED) is 0.505. The third kappa shape index (κ3) is 2.61. The Bertz CT molecular complexity index is 663. The fourth-order valence-electron chi connectivity index (χ4n) is 1.79. The van der Waals surface area contributed by atoms with Gasteiger partial charge in [-0.2, -0.15) is 0 Å². The third-order valence-corrected chi connectivity index (χ3v) is 2.71. The lowest BCUT2D eigenvalue weighted by Crippen LogP contribution is -2.05. The van der Waals surface area contributed by atoms with Gasteiger partial charge >= 0.3 is 5.97 Å². The zero-order valence-electron chi connectivity index (χ0n) is 10.8.